The molecule has 0 saturated heterocycles. The van der Waals surface area contributed by atoms with Crippen LogP contribution in [0.4, 0.5) is 5.69 Å². The van der Waals surface area contributed by atoms with Crippen molar-refractivity contribution in [2.24, 2.45) is 5.92 Å². The highest BCUT2D eigenvalue weighted by Crippen LogP contribution is 2.22. The Kier molecular flexibility index (Phi) is 5.40. The molecule has 0 spiro atoms. The zero-order valence-electron chi connectivity index (χ0n) is 12.6. The van der Waals surface area contributed by atoms with Crippen molar-refractivity contribution in [3.63, 3.8) is 0 Å². The summed E-state index contributed by atoms with van der Waals surface area (Å²) in [6.45, 7) is 10.2. The predicted molar refractivity (Wildman–Crippen MR) is 79.3 cm³/mol. The van der Waals surface area contributed by atoms with E-state index >= 15 is 0 Å². The SMILES string of the molecule is Cc1ccc(C(=O)OC(C)CCC(C)C)c(N)c1C. The molecule has 3 nitrogen and oxygen atoms in total. The molecule has 0 aliphatic heterocycles. The molecule has 0 aromatic heterocycles. The molecule has 1 rings (SSSR count). The van der Waals surface area contributed by atoms with Crippen LogP contribution < -0.4 is 5.73 Å². The monoisotopic (exact) mass is 263 g/mol. The highest BCUT2D eigenvalue weighted by atomic mass is 16.5. The van der Waals surface area contributed by atoms with Crippen LogP contribution in [0.1, 0.15) is 55.1 Å². The molecular formula is C16H25NO2. The van der Waals surface area contributed by atoms with Crippen molar-refractivity contribution >= 4 is 11.7 Å². The van der Waals surface area contributed by atoms with Crippen LogP contribution in [0.25, 0.3) is 0 Å². The molecule has 1 aromatic carbocycles. The van der Waals surface area contributed by atoms with Gasteiger partial charge in [-0.1, -0.05) is 19.9 Å². The lowest BCUT2D eigenvalue weighted by atomic mass is 10.0. The molecule has 0 saturated carbocycles. The van der Waals surface area contributed by atoms with Gasteiger partial charge in [-0.3, -0.25) is 0 Å². The summed E-state index contributed by atoms with van der Waals surface area (Å²) in [5.41, 5.74) is 9.02. The fraction of sp³-hybridized carbons (Fsp3) is 0.562. The number of rotatable bonds is 5. The molecule has 3 heteroatoms. The van der Waals surface area contributed by atoms with Crippen LogP contribution >= 0.6 is 0 Å². The molecule has 0 bridgehead atoms. The van der Waals surface area contributed by atoms with E-state index < -0.39 is 0 Å². The van der Waals surface area contributed by atoms with Gasteiger partial charge >= 0.3 is 5.97 Å². The lowest BCUT2D eigenvalue weighted by Crippen LogP contribution is -2.17. The van der Waals surface area contributed by atoms with Crippen molar-refractivity contribution < 1.29 is 9.53 Å². The Bertz CT molecular complexity index is 452. The number of ether oxygens (including phenoxy) is 1. The van der Waals surface area contributed by atoms with E-state index in [9.17, 15) is 4.79 Å². The quantitative estimate of drug-likeness (QED) is 0.648. The van der Waals surface area contributed by atoms with Crippen LogP contribution in [-0.4, -0.2) is 12.1 Å². The van der Waals surface area contributed by atoms with E-state index in [0.29, 0.717) is 17.2 Å². The van der Waals surface area contributed by atoms with Gasteiger partial charge < -0.3 is 10.5 Å². The Hall–Kier alpha value is -1.51. The summed E-state index contributed by atoms with van der Waals surface area (Å²) in [6.07, 6.45) is 1.86. The van der Waals surface area contributed by atoms with Crippen LogP contribution in [-0.2, 0) is 4.74 Å². The predicted octanol–water partition coefficient (Wildman–Crippen LogP) is 3.87. The normalized spacial score (nSPS) is 12.5. The second kappa shape index (κ2) is 6.60. The van der Waals surface area contributed by atoms with Gasteiger partial charge in [-0.05, 0) is 56.7 Å². The van der Waals surface area contributed by atoms with Gasteiger partial charge in [0.25, 0.3) is 0 Å². The summed E-state index contributed by atoms with van der Waals surface area (Å²) >= 11 is 0. The molecule has 0 aliphatic rings. The number of nitrogen functional groups attached to an aromatic ring is 1. The Morgan fingerprint density at radius 2 is 1.84 bits per heavy atom. The van der Waals surface area contributed by atoms with Gasteiger partial charge in [0.2, 0.25) is 0 Å². The molecule has 1 unspecified atom stereocenters. The molecule has 106 valence electrons. The molecule has 0 aliphatic carbocycles. The molecule has 19 heavy (non-hydrogen) atoms. The largest absolute Gasteiger partial charge is 0.459 e. The maximum Gasteiger partial charge on any atom is 0.340 e. The number of aryl methyl sites for hydroxylation is 1. The average molecular weight is 263 g/mol. The highest BCUT2D eigenvalue weighted by Gasteiger charge is 2.16. The minimum absolute atomic E-state index is 0.0732. The van der Waals surface area contributed by atoms with Gasteiger partial charge in [-0.25, -0.2) is 4.79 Å². The fourth-order valence-corrected chi connectivity index (χ4v) is 1.89. The first kappa shape index (κ1) is 15.5. The number of carbonyl (C=O) groups is 1. The van der Waals surface area contributed by atoms with Crippen molar-refractivity contribution in [2.45, 2.75) is 53.6 Å². The van der Waals surface area contributed by atoms with Gasteiger partial charge in [0, 0.05) is 5.69 Å². The first-order chi connectivity index (χ1) is 8.82. The maximum absolute atomic E-state index is 12.1. The zero-order chi connectivity index (χ0) is 14.6. The van der Waals surface area contributed by atoms with Crippen molar-refractivity contribution in [3.05, 3.63) is 28.8 Å². The van der Waals surface area contributed by atoms with Gasteiger partial charge in [0.1, 0.15) is 0 Å². The molecule has 1 atom stereocenters. The maximum atomic E-state index is 12.1. The summed E-state index contributed by atoms with van der Waals surface area (Å²) in [5, 5.41) is 0. The Balaban J connectivity index is 2.71. The molecule has 2 N–H and O–H groups in total. The molecule has 0 amide bonds. The highest BCUT2D eigenvalue weighted by molar-refractivity contribution is 5.96. The average Bonchev–Trinajstić information content (AvgIpc) is 2.33. The lowest BCUT2D eigenvalue weighted by Gasteiger charge is -2.16. The number of anilines is 1. The Morgan fingerprint density at radius 3 is 2.42 bits per heavy atom. The molecular weight excluding hydrogens is 238 g/mol. The molecule has 0 fully saturated rings. The summed E-state index contributed by atoms with van der Waals surface area (Å²) in [6, 6.07) is 3.65. The van der Waals surface area contributed by atoms with E-state index in [4.69, 9.17) is 10.5 Å². The van der Waals surface area contributed by atoms with Crippen LogP contribution in [0.15, 0.2) is 12.1 Å². The fourth-order valence-electron chi connectivity index (χ4n) is 1.89. The van der Waals surface area contributed by atoms with Gasteiger partial charge in [-0.15, -0.1) is 0 Å². The first-order valence-corrected chi connectivity index (χ1v) is 6.89. The standard InChI is InChI=1S/C16H25NO2/c1-10(2)6-8-12(4)19-16(18)14-9-7-11(3)13(5)15(14)17/h7,9-10,12H,6,8,17H2,1-5H3. The van der Waals surface area contributed by atoms with Crippen molar-refractivity contribution in [3.8, 4) is 0 Å². The molecule has 0 radical (unpaired) electrons. The van der Waals surface area contributed by atoms with Crippen molar-refractivity contribution in [2.75, 3.05) is 5.73 Å². The van der Waals surface area contributed by atoms with Crippen LogP contribution in [0.3, 0.4) is 0 Å². The van der Waals surface area contributed by atoms with E-state index in [-0.39, 0.29) is 12.1 Å². The minimum Gasteiger partial charge on any atom is -0.459 e. The van der Waals surface area contributed by atoms with Gasteiger partial charge in [0.05, 0.1) is 11.7 Å². The van der Waals surface area contributed by atoms with Crippen LogP contribution in [0.2, 0.25) is 0 Å². The van der Waals surface area contributed by atoms with Crippen LogP contribution in [0, 0.1) is 19.8 Å². The van der Waals surface area contributed by atoms with E-state index in [2.05, 4.69) is 13.8 Å². The van der Waals surface area contributed by atoms with E-state index in [0.717, 1.165) is 24.0 Å². The topological polar surface area (TPSA) is 52.3 Å². The number of nitrogens with two attached hydrogens (primary N) is 1. The van der Waals surface area contributed by atoms with Gasteiger partial charge in [-0.2, -0.15) is 0 Å². The zero-order valence-corrected chi connectivity index (χ0v) is 12.6. The number of benzene rings is 1. The van der Waals surface area contributed by atoms with Crippen molar-refractivity contribution in [1.29, 1.82) is 0 Å². The summed E-state index contributed by atoms with van der Waals surface area (Å²) in [4.78, 5) is 12.1. The van der Waals surface area contributed by atoms with Crippen molar-refractivity contribution in [1.82, 2.24) is 0 Å². The lowest BCUT2D eigenvalue weighted by molar-refractivity contribution is 0.0315. The van der Waals surface area contributed by atoms with Crippen LogP contribution in [0.5, 0.6) is 0 Å². The Morgan fingerprint density at radius 1 is 1.21 bits per heavy atom. The smallest absolute Gasteiger partial charge is 0.340 e. The third-order valence-corrected chi connectivity index (χ3v) is 3.46. The Labute approximate surface area is 116 Å². The minimum atomic E-state index is -0.322. The van der Waals surface area contributed by atoms with E-state index in [1.807, 2.05) is 26.8 Å². The second-order valence-corrected chi connectivity index (χ2v) is 5.66. The summed E-state index contributed by atoms with van der Waals surface area (Å²) in [7, 11) is 0. The van der Waals surface area contributed by atoms with E-state index in [1.54, 1.807) is 6.07 Å². The van der Waals surface area contributed by atoms with Gasteiger partial charge in [0.15, 0.2) is 0 Å². The van der Waals surface area contributed by atoms with E-state index in [1.165, 1.54) is 0 Å². The third-order valence-electron chi connectivity index (χ3n) is 3.46. The summed E-state index contributed by atoms with van der Waals surface area (Å²) < 4.78 is 5.44. The third kappa shape index (κ3) is 4.27. The summed E-state index contributed by atoms with van der Waals surface area (Å²) in [5.74, 6) is 0.296. The second-order valence-electron chi connectivity index (χ2n) is 5.66. The molecule has 0 heterocycles. The number of hydrogen-bond donors (Lipinski definition) is 1. The number of esters is 1. The molecule has 1 aromatic rings. The first-order valence-electron chi connectivity index (χ1n) is 6.89. The number of carbonyl (C=O) groups excluding carboxylic acids is 1. The number of hydrogen-bond acceptors (Lipinski definition) is 3.